The third-order valence-electron chi connectivity index (χ3n) is 3.27. The van der Waals surface area contributed by atoms with Gasteiger partial charge in [-0.15, -0.1) is 0 Å². The van der Waals surface area contributed by atoms with Gasteiger partial charge in [0.25, 0.3) is 0 Å². The minimum atomic E-state index is 0.566. The monoisotopic (exact) mass is 240 g/mol. The Morgan fingerprint density at radius 3 is 2.53 bits per heavy atom. The molecule has 1 rings (SSSR count). The molecule has 0 amide bonds. The molecule has 4 nitrogen and oxygen atoms in total. The molecule has 0 saturated carbocycles. The van der Waals surface area contributed by atoms with Gasteiger partial charge in [-0.2, -0.15) is 0 Å². The summed E-state index contributed by atoms with van der Waals surface area (Å²) in [4.78, 5) is 6.88. The summed E-state index contributed by atoms with van der Waals surface area (Å²) < 4.78 is 0. The van der Waals surface area contributed by atoms with Crippen LogP contribution in [0.2, 0.25) is 0 Å². The Balaban J connectivity index is 2.29. The predicted molar refractivity (Wildman–Crippen MR) is 74.2 cm³/mol. The highest BCUT2D eigenvalue weighted by atomic mass is 15.2. The van der Waals surface area contributed by atoms with Gasteiger partial charge in [0.15, 0.2) is 5.96 Å². The van der Waals surface area contributed by atoms with E-state index in [0.29, 0.717) is 17.9 Å². The van der Waals surface area contributed by atoms with Gasteiger partial charge in [0.05, 0.1) is 0 Å². The van der Waals surface area contributed by atoms with E-state index in [1.807, 2.05) is 0 Å². The number of rotatable bonds is 6. The van der Waals surface area contributed by atoms with Gasteiger partial charge in [-0.3, -0.25) is 9.89 Å². The Hall–Kier alpha value is -0.770. The maximum Gasteiger partial charge on any atom is 0.188 e. The van der Waals surface area contributed by atoms with Crippen molar-refractivity contribution in [2.24, 2.45) is 16.6 Å². The van der Waals surface area contributed by atoms with E-state index >= 15 is 0 Å². The first-order valence-corrected chi connectivity index (χ1v) is 6.91. The first-order valence-electron chi connectivity index (χ1n) is 6.91. The van der Waals surface area contributed by atoms with Gasteiger partial charge in [0.1, 0.15) is 0 Å². The van der Waals surface area contributed by atoms with E-state index in [1.165, 1.54) is 32.4 Å². The number of hydrogen-bond donors (Lipinski definition) is 2. The van der Waals surface area contributed by atoms with Crippen molar-refractivity contribution in [1.82, 2.24) is 10.2 Å². The van der Waals surface area contributed by atoms with Crippen molar-refractivity contribution < 1.29 is 0 Å². The van der Waals surface area contributed by atoms with Gasteiger partial charge in [-0.25, -0.2) is 0 Å². The third kappa shape index (κ3) is 5.39. The normalized spacial score (nSPS) is 19.9. The standard InChI is InChI=1S/C13H28N4/c1-4-12(17-7-5-6-8-17)10-16-13(14)15-9-11(2)3/h11-12H,4-10H2,1-3H3,(H3,14,15,16). The molecule has 0 aliphatic carbocycles. The van der Waals surface area contributed by atoms with Crippen LogP contribution >= 0.6 is 0 Å². The van der Waals surface area contributed by atoms with Crippen LogP contribution in [0.3, 0.4) is 0 Å². The lowest BCUT2D eigenvalue weighted by Crippen LogP contribution is -2.44. The molecule has 3 N–H and O–H groups in total. The second-order valence-corrected chi connectivity index (χ2v) is 5.31. The Morgan fingerprint density at radius 2 is 2.00 bits per heavy atom. The van der Waals surface area contributed by atoms with Gasteiger partial charge in [0.2, 0.25) is 0 Å². The van der Waals surface area contributed by atoms with Crippen molar-refractivity contribution in [3.63, 3.8) is 0 Å². The highest BCUT2D eigenvalue weighted by Gasteiger charge is 2.19. The van der Waals surface area contributed by atoms with Crippen LogP contribution in [0.5, 0.6) is 0 Å². The lowest BCUT2D eigenvalue weighted by Gasteiger charge is -2.26. The summed E-state index contributed by atoms with van der Waals surface area (Å²) in [5.41, 5.74) is 5.84. The van der Waals surface area contributed by atoms with Gasteiger partial charge < -0.3 is 11.1 Å². The molecule has 4 heteroatoms. The first-order chi connectivity index (χ1) is 8.13. The number of likely N-dealkylation sites (tertiary alicyclic amines) is 1. The quantitative estimate of drug-likeness (QED) is 0.545. The van der Waals surface area contributed by atoms with Gasteiger partial charge in [0, 0.05) is 19.1 Å². The molecule has 1 heterocycles. The van der Waals surface area contributed by atoms with E-state index in [4.69, 9.17) is 5.73 Å². The van der Waals surface area contributed by atoms with Crippen LogP contribution < -0.4 is 11.1 Å². The Kier molecular flexibility index (Phi) is 6.34. The number of nitrogens with zero attached hydrogens (tertiary/aromatic N) is 2. The number of hydrogen-bond acceptors (Lipinski definition) is 2. The fourth-order valence-corrected chi connectivity index (χ4v) is 2.20. The highest BCUT2D eigenvalue weighted by molar-refractivity contribution is 5.77. The molecule has 0 bridgehead atoms. The maximum atomic E-state index is 5.84. The molecule has 0 spiro atoms. The number of aliphatic imine (C=N–C) groups is 1. The zero-order valence-corrected chi connectivity index (χ0v) is 11.6. The molecular weight excluding hydrogens is 212 g/mol. The lowest BCUT2D eigenvalue weighted by atomic mass is 10.2. The van der Waals surface area contributed by atoms with Gasteiger partial charge >= 0.3 is 0 Å². The summed E-state index contributed by atoms with van der Waals surface area (Å²) in [5.74, 6) is 1.16. The van der Waals surface area contributed by atoms with Crippen molar-refractivity contribution in [1.29, 1.82) is 0 Å². The third-order valence-corrected chi connectivity index (χ3v) is 3.27. The van der Waals surface area contributed by atoms with Crippen LogP contribution in [0.15, 0.2) is 4.99 Å². The van der Waals surface area contributed by atoms with Crippen LogP contribution in [-0.2, 0) is 0 Å². The SMILES string of the molecule is CCC(CNC(N)=NCC(C)C)N1CCCC1. The fraction of sp³-hybridized carbons (Fsp3) is 0.923. The summed E-state index contributed by atoms with van der Waals surface area (Å²) in [6.45, 7) is 10.7. The van der Waals surface area contributed by atoms with Crippen molar-refractivity contribution in [3.8, 4) is 0 Å². The second-order valence-electron chi connectivity index (χ2n) is 5.31. The van der Waals surface area contributed by atoms with E-state index in [2.05, 4.69) is 36.0 Å². The molecular formula is C13H28N4. The van der Waals surface area contributed by atoms with E-state index in [1.54, 1.807) is 0 Å². The van der Waals surface area contributed by atoms with Crippen LogP contribution in [0.4, 0.5) is 0 Å². The molecule has 1 atom stereocenters. The van der Waals surface area contributed by atoms with Crippen LogP contribution in [0.25, 0.3) is 0 Å². The van der Waals surface area contributed by atoms with Crippen LogP contribution in [-0.4, -0.2) is 43.1 Å². The smallest absolute Gasteiger partial charge is 0.188 e. The zero-order chi connectivity index (χ0) is 12.7. The maximum absolute atomic E-state index is 5.84. The summed E-state index contributed by atoms with van der Waals surface area (Å²) >= 11 is 0. The molecule has 1 aliphatic heterocycles. The predicted octanol–water partition coefficient (Wildman–Crippen LogP) is 1.42. The van der Waals surface area contributed by atoms with Crippen LogP contribution in [0, 0.1) is 5.92 Å². The van der Waals surface area contributed by atoms with E-state index in [-0.39, 0.29) is 0 Å². The largest absolute Gasteiger partial charge is 0.370 e. The molecule has 0 aromatic carbocycles. The molecule has 0 radical (unpaired) electrons. The molecule has 100 valence electrons. The first kappa shape index (κ1) is 14.3. The van der Waals surface area contributed by atoms with Crippen molar-refractivity contribution in [2.75, 3.05) is 26.2 Å². The minimum Gasteiger partial charge on any atom is -0.370 e. The number of guanidine groups is 1. The van der Waals surface area contributed by atoms with E-state index < -0.39 is 0 Å². The molecule has 0 aromatic heterocycles. The molecule has 1 saturated heterocycles. The second kappa shape index (κ2) is 7.54. The Morgan fingerprint density at radius 1 is 1.35 bits per heavy atom. The van der Waals surface area contributed by atoms with Crippen molar-refractivity contribution in [2.45, 2.75) is 46.1 Å². The molecule has 1 fully saturated rings. The molecule has 17 heavy (non-hydrogen) atoms. The molecule has 1 aliphatic rings. The summed E-state index contributed by atoms with van der Waals surface area (Å²) in [6, 6.07) is 0.602. The molecule has 1 unspecified atom stereocenters. The average molecular weight is 240 g/mol. The number of nitrogens with one attached hydrogen (secondary N) is 1. The summed E-state index contributed by atoms with van der Waals surface area (Å²) in [7, 11) is 0. The number of nitrogens with two attached hydrogens (primary N) is 1. The molecule has 0 aromatic rings. The Bertz CT molecular complexity index is 232. The minimum absolute atomic E-state index is 0.566. The Labute approximate surface area is 106 Å². The van der Waals surface area contributed by atoms with Gasteiger partial charge in [-0.05, 0) is 38.3 Å². The summed E-state index contributed by atoms with van der Waals surface area (Å²) in [5, 5.41) is 3.25. The van der Waals surface area contributed by atoms with E-state index in [0.717, 1.165) is 13.1 Å². The van der Waals surface area contributed by atoms with Gasteiger partial charge in [-0.1, -0.05) is 20.8 Å². The van der Waals surface area contributed by atoms with Crippen molar-refractivity contribution in [3.05, 3.63) is 0 Å². The fourth-order valence-electron chi connectivity index (χ4n) is 2.20. The summed E-state index contributed by atoms with van der Waals surface area (Å²) in [6.07, 6.45) is 3.85. The lowest BCUT2D eigenvalue weighted by molar-refractivity contribution is 0.236. The van der Waals surface area contributed by atoms with E-state index in [9.17, 15) is 0 Å². The zero-order valence-electron chi connectivity index (χ0n) is 11.6. The highest BCUT2D eigenvalue weighted by Crippen LogP contribution is 2.13. The average Bonchev–Trinajstić information content (AvgIpc) is 2.81. The van der Waals surface area contributed by atoms with Crippen LogP contribution in [0.1, 0.15) is 40.0 Å². The van der Waals surface area contributed by atoms with Crippen molar-refractivity contribution >= 4 is 5.96 Å². The topological polar surface area (TPSA) is 53.6 Å².